The number of hydrogen-bond acceptors (Lipinski definition) is 8. The molecule has 14 heteroatoms. The van der Waals surface area contributed by atoms with Crippen LogP contribution in [0.3, 0.4) is 0 Å². The highest BCUT2D eigenvalue weighted by Crippen LogP contribution is 2.29. The number of morpholine rings is 1. The van der Waals surface area contributed by atoms with E-state index in [-0.39, 0.29) is 30.5 Å². The number of sulfonamides is 1. The van der Waals surface area contributed by atoms with Crippen LogP contribution in [-0.2, 0) is 30.8 Å². The van der Waals surface area contributed by atoms with E-state index in [9.17, 15) is 27.9 Å². The Bertz CT molecular complexity index is 1330. The van der Waals surface area contributed by atoms with Crippen LogP contribution in [0.5, 0.6) is 0 Å². The summed E-state index contributed by atoms with van der Waals surface area (Å²) in [6, 6.07) is 6.43. The summed E-state index contributed by atoms with van der Waals surface area (Å²) in [4.78, 5) is 41.8. The SMILES string of the molecule is CCc1c(N2CCOCC2=O)cccc1S(=O)(=O)N[C@@H](CNC(=O)c1ccc(Cl)s1)C(=O)N1CCC[C@@H](O)C1. The molecule has 4 rings (SSSR count). The minimum Gasteiger partial charge on any atom is -0.391 e. The van der Waals surface area contributed by atoms with Crippen LogP contribution in [-0.4, -0.2) is 87.7 Å². The molecular formula is C25H31ClN4O7S2. The number of amides is 3. The number of β-amino-alcohol motifs (C(OH)–C–C–N with tert-alkyl or cyclic N) is 1. The van der Waals surface area contributed by atoms with E-state index in [1.54, 1.807) is 25.1 Å². The van der Waals surface area contributed by atoms with E-state index in [0.29, 0.717) is 59.4 Å². The molecule has 0 aliphatic carbocycles. The van der Waals surface area contributed by atoms with Gasteiger partial charge in [0.25, 0.3) is 11.8 Å². The Balaban J connectivity index is 1.61. The van der Waals surface area contributed by atoms with Crippen molar-refractivity contribution in [3.63, 3.8) is 0 Å². The Hall–Kier alpha value is -2.55. The van der Waals surface area contributed by atoms with Crippen molar-refractivity contribution >= 4 is 56.4 Å². The highest BCUT2D eigenvalue weighted by Gasteiger charge is 2.34. The lowest BCUT2D eigenvalue weighted by atomic mass is 10.1. The van der Waals surface area contributed by atoms with Gasteiger partial charge >= 0.3 is 0 Å². The third-order valence-electron chi connectivity index (χ3n) is 6.60. The lowest BCUT2D eigenvalue weighted by Crippen LogP contribution is -2.56. The lowest BCUT2D eigenvalue weighted by molar-refractivity contribution is -0.135. The average Bonchev–Trinajstić information content (AvgIpc) is 3.36. The molecular weight excluding hydrogens is 568 g/mol. The molecule has 212 valence electrons. The third-order valence-corrected chi connectivity index (χ3v) is 9.38. The number of nitrogens with one attached hydrogen (secondary N) is 2. The molecule has 39 heavy (non-hydrogen) atoms. The molecule has 0 bridgehead atoms. The zero-order valence-electron chi connectivity index (χ0n) is 21.4. The Kier molecular flexibility index (Phi) is 9.62. The van der Waals surface area contributed by atoms with Gasteiger partial charge in [0.15, 0.2) is 0 Å². The van der Waals surface area contributed by atoms with Crippen LogP contribution in [0.1, 0.15) is 35.0 Å². The summed E-state index contributed by atoms with van der Waals surface area (Å²) in [6.45, 7) is 2.43. The van der Waals surface area contributed by atoms with Gasteiger partial charge in [-0.15, -0.1) is 11.3 Å². The molecule has 0 unspecified atom stereocenters. The van der Waals surface area contributed by atoms with Crippen LogP contribution < -0.4 is 14.9 Å². The van der Waals surface area contributed by atoms with Crippen molar-refractivity contribution in [2.75, 3.05) is 44.3 Å². The molecule has 2 saturated heterocycles. The van der Waals surface area contributed by atoms with Crippen molar-refractivity contribution in [2.24, 2.45) is 0 Å². The van der Waals surface area contributed by atoms with E-state index >= 15 is 0 Å². The number of thiophene rings is 1. The van der Waals surface area contributed by atoms with Crippen molar-refractivity contribution in [1.29, 1.82) is 0 Å². The molecule has 2 aliphatic rings. The summed E-state index contributed by atoms with van der Waals surface area (Å²) in [6.07, 6.45) is 0.715. The zero-order chi connectivity index (χ0) is 28.2. The van der Waals surface area contributed by atoms with Gasteiger partial charge in [0.05, 0.1) is 26.8 Å². The average molecular weight is 599 g/mol. The monoisotopic (exact) mass is 598 g/mol. The predicted octanol–water partition coefficient (Wildman–Crippen LogP) is 1.39. The van der Waals surface area contributed by atoms with Crippen molar-refractivity contribution in [1.82, 2.24) is 14.9 Å². The fourth-order valence-electron chi connectivity index (χ4n) is 4.71. The van der Waals surface area contributed by atoms with Gasteiger partial charge in [0, 0.05) is 31.9 Å². The highest BCUT2D eigenvalue weighted by atomic mass is 35.5. The molecule has 0 saturated carbocycles. The maximum absolute atomic E-state index is 13.7. The second-order valence-corrected chi connectivity index (χ2v) is 12.7. The Morgan fingerprint density at radius 1 is 1.26 bits per heavy atom. The van der Waals surface area contributed by atoms with Gasteiger partial charge in [0.1, 0.15) is 12.6 Å². The number of carbonyl (C=O) groups excluding carboxylic acids is 3. The largest absolute Gasteiger partial charge is 0.391 e. The molecule has 2 fully saturated rings. The number of piperidine rings is 1. The molecule has 0 spiro atoms. The molecule has 11 nitrogen and oxygen atoms in total. The van der Waals surface area contributed by atoms with Crippen LogP contribution in [0.25, 0.3) is 0 Å². The summed E-state index contributed by atoms with van der Waals surface area (Å²) < 4.78 is 35.5. The first-order valence-corrected chi connectivity index (χ1v) is 15.3. The Morgan fingerprint density at radius 2 is 2.05 bits per heavy atom. The molecule has 3 amide bonds. The van der Waals surface area contributed by atoms with Crippen LogP contribution in [0.2, 0.25) is 4.34 Å². The van der Waals surface area contributed by atoms with Crippen LogP contribution in [0.4, 0.5) is 5.69 Å². The van der Waals surface area contributed by atoms with Gasteiger partial charge in [-0.3, -0.25) is 14.4 Å². The molecule has 1 aromatic heterocycles. The van der Waals surface area contributed by atoms with Gasteiger partial charge in [0.2, 0.25) is 15.9 Å². The number of likely N-dealkylation sites (tertiary alicyclic amines) is 1. The number of aliphatic hydroxyl groups is 1. The third kappa shape index (κ3) is 6.97. The number of hydrogen-bond donors (Lipinski definition) is 3. The van der Waals surface area contributed by atoms with Gasteiger partial charge in [-0.2, -0.15) is 4.72 Å². The number of carbonyl (C=O) groups is 3. The summed E-state index contributed by atoms with van der Waals surface area (Å²) in [5, 5.41) is 12.7. The van der Waals surface area contributed by atoms with Gasteiger partial charge in [-0.25, -0.2) is 8.42 Å². The number of nitrogens with zero attached hydrogens (tertiary/aromatic N) is 2. The van der Waals surface area contributed by atoms with E-state index in [4.69, 9.17) is 16.3 Å². The predicted molar refractivity (Wildman–Crippen MR) is 147 cm³/mol. The number of halogens is 1. The number of ether oxygens (including phenoxy) is 1. The summed E-state index contributed by atoms with van der Waals surface area (Å²) >= 11 is 6.98. The van der Waals surface area contributed by atoms with E-state index in [1.165, 1.54) is 21.9 Å². The first kappa shape index (κ1) is 29.4. The van der Waals surface area contributed by atoms with Crippen molar-refractivity contribution < 1.29 is 32.6 Å². The van der Waals surface area contributed by atoms with Crippen molar-refractivity contribution in [3.05, 3.63) is 45.1 Å². The highest BCUT2D eigenvalue weighted by molar-refractivity contribution is 7.89. The normalized spacial score (nSPS) is 19.2. The number of anilines is 1. The van der Waals surface area contributed by atoms with E-state index < -0.39 is 34.0 Å². The van der Waals surface area contributed by atoms with Crippen LogP contribution >= 0.6 is 22.9 Å². The maximum Gasteiger partial charge on any atom is 0.261 e. The fraction of sp³-hybridized carbons (Fsp3) is 0.480. The van der Waals surface area contributed by atoms with Gasteiger partial charge in [-0.05, 0) is 49.1 Å². The van der Waals surface area contributed by atoms with Gasteiger partial charge in [-0.1, -0.05) is 24.6 Å². The molecule has 2 aliphatic heterocycles. The maximum atomic E-state index is 13.7. The Morgan fingerprint density at radius 3 is 2.72 bits per heavy atom. The zero-order valence-corrected chi connectivity index (χ0v) is 23.8. The van der Waals surface area contributed by atoms with Crippen LogP contribution in [0, 0.1) is 0 Å². The first-order chi connectivity index (χ1) is 18.6. The van der Waals surface area contributed by atoms with E-state index in [1.807, 2.05) is 0 Å². The summed E-state index contributed by atoms with van der Waals surface area (Å²) in [7, 11) is -4.29. The van der Waals surface area contributed by atoms with Crippen LogP contribution in [0.15, 0.2) is 35.2 Å². The second kappa shape index (κ2) is 12.7. The smallest absolute Gasteiger partial charge is 0.261 e. The van der Waals surface area contributed by atoms with Gasteiger partial charge < -0.3 is 25.0 Å². The molecule has 2 aromatic rings. The van der Waals surface area contributed by atoms with Crippen molar-refractivity contribution in [2.45, 2.75) is 43.2 Å². The van der Waals surface area contributed by atoms with E-state index in [2.05, 4.69) is 10.0 Å². The second-order valence-electron chi connectivity index (χ2n) is 9.27. The summed E-state index contributed by atoms with van der Waals surface area (Å²) in [5.41, 5.74) is 0.899. The quantitative estimate of drug-likeness (QED) is 0.395. The molecule has 1 aromatic carbocycles. The molecule has 0 radical (unpaired) electrons. The number of benzene rings is 1. The Labute approximate surface area is 236 Å². The minimum absolute atomic E-state index is 0.0605. The molecule has 3 N–H and O–H groups in total. The van der Waals surface area contributed by atoms with E-state index in [0.717, 1.165) is 11.3 Å². The molecule has 2 atom stereocenters. The number of rotatable bonds is 9. The first-order valence-electron chi connectivity index (χ1n) is 12.6. The standard InChI is InChI=1S/C25H31ClN4O7S2/c1-2-17-19(30-11-12-37-15-23(30)32)6-3-7-21(17)39(35,36)28-18(25(34)29-10-4-5-16(31)14-29)13-27-24(33)20-8-9-22(26)38-20/h3,6-9,16,18,28,31H,2,4-5,10-15H2,1H3,(H,27,33)/t16-,18+/m1/s1. The summed E-state index contributed by atoms with van der Waals surface area (Å²) in [5.74, 6) is -1.32. The molecule has 3 heterocycles. The fourth-order valence-corrected chi connectivity index (χ4v) is 7.19. The van der Waals surface area contributed by atoms with Crippen molar-refractivity contribution in [3.8, 4) is 0 Å². The lowest BCUT2D eigenvalue weighted by Gasteiger charge is -2.33. The minimum atomic E-state index is -4.29. The number of aliphatic hydroxyl groups excluding tert-OH is 1. The topological polar surface area (TPSA) is 145 Å².